The predicted molar refractivity (Wildman–Crippen MR) is 90.7 cm³/mol. The van der Waals surface area contributed by atoms with Crippen molar-refractivity contribution in [3.05, 3.63) is 40.4 Å². The number of carbonyl (C=O) groups excluding carboxylic acids is 2. The van der Waals surface area contributed by atoms with E-state index in [0.29, 0.717) is 17.0 Å². The highest BCUT2D eigenvalue weighted by Gasteiger charge is 2.15. The number of rotatable bonds is 6. The first-order valence-electron chi connectivity index (χ1n) is 7.43. The van der Waals surface area contributed by atoms with Gasteiger partial charge in [-0.3, -0.25) is 9.59 Å². The second-order valence-corrected chi connectivity index (χ2v) is 6.17. The van der Waals surface area contributed by atoms with Gasteiger partial charge in [-0.2, -0.15) is 0 Å². The number of amides is 2. The van der Waals surface area contributed by atoms with Crippen LogP contribution in [-0.2, 0) is 17.6 Å². The van der Waals surface area contributed by atoms with Crippen molar-refractivity contribution in [3.8, 4) is 0 Å². The number of likely N-dealkylation sites (N-methyl/N-ethyl adjacent to an activating group) is 1. The van der Waals surface area contributed by atoms with Crippen molar-refractivity contribution in [2.75, 3.05) is 19.4 Å². The van der Waals surface area contributed by atoms with Crippen LogP contribution in [0.1, 0.15) is 34.3 Å². The Morgan fingerprint density at radius 3 is 2.52 bits per heavy atom. The van der Waals surface area contributed by atoms with Crippen LogP contribution in [0.15, 0.2) is 24.3 Å². The van der Waals surface area contributed by atoms with Crippen LogP contribution in [0.4, 0.5) is 5.69 Å². The highest BCUT2D eigenvalue weighted by molar-refractivity contribution is 7.08. The van der Waals surface area contributed by atoms with E-state index in [9.17, 15) is 9.59 Å². The number of carbonyl (C=O) groups is 2. The van der Waals surface area contributed by atoms with E-state index < -0.39 is 0 Å². The summed E-state index contributed by atoms with van der Waals surface area (Å²) in [7, 11) is 3.46. The van der Waals surface area contributed by atoms with Gasteiger partial charge in [-0.15, -0.1) is 5.10 Å². The van der Waals surface area contributed by atoms with E-state index in [1.807, 2.05) is 19.1 Å². The fourth-order valence-corrected chi connectivity index (χ4v) is 2.61. The summed E-state index contributed by atoms with van der Waals surface area (Å²) in [4.78, 5) is 26.1. The van der Waals surface area contributed by atoms with Crippen molar-refractivity contribution in [1.82, 2.24) is 14.5 Å². The molecule has 0 unspecified atom stereocenters. The van der Waals surface area contributed by atoms with Crippen LogP contribution >= 0.6 is 11.5 Å². The largest absolute Gasteiger partial charge is 0.349 e. The topological polar surface area (TPSA) is 75.2 Å². The van der Waals surface area contributed by atoms with Gasteiger partial charge >= 0.3 is 0 Å². The number of hydrogen-bond donors (Lipinski definition) is 1. The first-order valence-corrected chi connectivity index (χ1v) is 8.20. The van der Waals surface area contributed by atoms with Crippen LogP contribution in [0.5, 0.6) is 0 Å². The molecule has 1 heterocycles. The van der Waals surface area contributed by atoms with E-state index in [0.717, 1.165) is 35.6 Å². The molecular formula is C16H20N4O2S. The van der Waals surface area contributed by atoms with Gasteiger partial charge in [-0.1, -0.05) is 30.0 Å². The summed E-state index contributed by atoms with van der Waals surface area (Å²) in [5, 5.41) is 6.84. The average molecular weight is 332 g/mol. The summed E-state index contributed by atoms with van der Waals surface area (Å²) in [6, 6.07) is 7.28. The molecule has 0 spiro atoms. The van der Waals surface area contributed by atoms with Gasteiger partial charge in [0.2, 0.25) is 5.91 Å². The summed E-state index contributed by atoms with van der Waals surface area (Å²) in [5.41, 5.74) is 2.34. The average Bonchev–Trinajstić information content (AvgIpc) is 2.98. The molecule has 0 fully saturated rings. The van der Waals surface area contributed by atoms with Gasteiger partial charge in [0.1, 0.15) is 4.88 Å². The van der Waals surface area contributed by atoms with E-state index in [4.69, 9.17) is 0 Å². The van der Waals surface area contributed by atoms with Gasteiger partial charge in [-0.05, 0) is 35.6 Å². The molecule has 23 heavy (non-hydrogen) atoms. The SMILES string of the molecule is CCCc1nnsc1C(=O)Nc1ccc(CC(=O)N(C)C)cc1. The lowest BCUT2D eigenvalue weighted by Gasteiger charge is -2.10. The van der Waals surface area contributed by atoms with E-state index in [2.05, 4.69) is 14.9 Å². The molecule has 0 atom stereocenters. The van der Waals surface area contributed by atoms with Crippen molar-refractivity contribution in [1.29, 1.82) is 0 Å². The first kappa shape index (κ1) is 17.1. The molecule has 1 aromatic carbocycles. The van der Waals surface area contributed by atoms with Gasteiger partial charge in [0.15, 0.2) is 0 Å². The molecule has 0 bridgehead atoms. The third-order valence-electron chi connectivity index (χ3n) is 3.31. The molecule has 0 saturated heterocycles. The number of nitrogens with zero attached hydrogens (tertiary/aromatic N) is 3. The monoisotopic (exact) mass is 332 g/mol. The molecule has 2 rings (SSSR count). The molecule has 7 heteroatoms. The van der Waals surface area contributed by atoms with Gasteiger partial charge in [-0.25, -0.2) is 0 Å². The highest BCUT2D eigenvalue weighted by atomic mass is 32.1. The lowest BCUT2D eigenvalue weighted by Crippen LogP contribution is -2.23. The molecule has 0 aliphatic carbocycles. The van der Waals surface area contributed by atoms with Crippen LogP contribution in [-0.4, -0.2) is 40.4 Å². The molecule has 0 aliphatic heterocycles. The zero-order chi connectivity index (χ0) is 16.8. The molecule has 2 amide bonds. The molecule has 0 saturated carbocycles. The lowest BCUT2D eigenvalue weighted by molar-refractivity contribution is -0.127. The molecule has 0 radical (unpaired) electrons. The number of benzene rings is 1. The van der Waals surface area contributed by atoms with Crippen LogP contribution in [0.3, 0.4) is 0 Å². The van der Waals surface area contributed by atoms with Crippen molar-refractivity contribution in [2.24, 2.45) is 0 Å². The summed E-state index contributed by atoms with van der Waals surface area (Å²) in [5.74, 6) is -0.151. The Kier molecular flexibility index (Phi) is 5.81. The van der Waals surface area contributed by atoms with Gasteiger partial charge in [0.05, 0.1) is 12.1 Å². The van der Waals surface area contributed by atoms with E-state index in [-0.39, 0.29) is 11.8 Å². The van der Waals surface area contributed by atoms with E-state index in [1.54, 1.807) is 31.1 Å². The smallest absolute Gasteiger partial charge is 0.269 e. The Hall–Kier alpha value is -2.28. The number of aromatic nitrogens is 2. The van der Waals surface area contributed by atoms with Crippen molar-refractivity contribution < 1.29 is 9.59 Å². The number of anilines is 1. The molecule has 0 aliphatic rings. The third-order valence-corrected chi connectivity index (χ3v) is 4.08. The zero-order valence-corrected chi connectivity index (χ0v) is 14.3. The van der Waals surface area contributed by atoms with Crippen molar-refractivity contribution in [3.63, 3.8) is 0 Å². The minimum Gasteiger partial charge on any atom is -0.349 e. The summed E-state index contributed by atoms with van der Waals surface area (Å²) >= 11 is 1.11. The third kappa shape index (κ3) is 4.59. The Morgan fingerprint density at radius 2 is 1.91 bits per heavy atom. The van der Waals surface area contributed by atoms with Gasteiger partial charge < -0.3 is 10.2 Å². The fraction of sp³-hybridized carbons (Fsp3) is 0.375. The van der Waals surface area contributed by atoms with E-state index >= 15 is 0 Å². The standard InChI is InChI=1S/C16H20N4O2S/c1-4-5-13-15(23-19-18-13)16(22)17-12-8-6-11(7-9-12)10-14(21)20(2)3/h6-9H,4-5,10H2,1-3H3,(H,17,22). The minimum atomic E-state index is -0.194. The highest BCUT2D eigenvalue weighted by Crippen LogP contribution is 2.16. The summed E-state index contributed by atoms with van der Waals surface area (Å²) in [6.45, 7) is 2.04. The predicted octanol–water partition coefficient (Wildman–Crippen LogP) is 2.37. The lowest BCUT2D eigenvalue weighted by atomic mass is 10.1. The molecule has 122 valence electrons. The van der Waals surface area contributed by atoms with Gasteiger partial charge in [0.25, 0.3) is 5.91 Å². The molecule has 1 aromatic heterocycles. The summed E-state index contributed by atoms with van der Waals surface area (Å²) < 4.78 is 3.86. The Labute approximate surface area is 139 Å². The van der Waals surface area contributed by atoms with Crippen LogP contribution in [0.2, 0.25) is 0 Å². The van der Waals surface area contributed by atoms with Crippen LogP contribution in [0.25, 0.3) is 0 Å². The Balaban J connectivity index is 2.01. The second-order valence-electron chi connectivity index (χ2n) is 5.41. The second kappa shape index (κ2) is 7.82. The number of hydrogen-bond acceptors (Lipinski definition) is 5. The number of aryl methyl sites for hydroxylation is 1. The molecule has 1 N–H and O–H groups in total. The zero-order valence-electron chi connectivity index (χ0n) is 13.5. The quantitative estimate of drug-likeness (QED) is 0.881. The maximum atomic E-state index is 12.3. The Morgan fingerprint density at radius 1 is 1.22 bits per heavy atom. The Bertz CT molecular complexity index is 680. The van der Waals surface area contributed by atoms with Gasteiger partial charge in [0, 0.05) is 19.8 Å². The maximum Gasteiger partial charge on any atom is 0.269 e. The van der Waals surface area contributed by atoms with Crippen LogP contribution < -0.4 is 5.32 Å². The molecule has 6 nitrogen and oxygen atoms in total. The first-order chi connectivity index (χ1) is 11.0. The molecular weight excluding hydrogens is 312 g/mol. The number of nitrogens with one attached hydrogen (secondary N) is 1. The molecule has 2 aromatic rings. The van der Waals surface area contributed by atoms with Crippen molar-refractivity contribution in [2.45, 2.75) is 26.2 Å². The van der Waals surface area contributed by atoms with Crippen LogP contribution in [0, 0.1) is 0 Å². The maximum absolute atomic E-state index is 12.3. The normalized spacial score (nSPS) is 10.4. The van der Waals surface area contributed by atoms with E-state index in [1.165, 1.54) is 0 Å². The van der Waals surface area contributed by atoms with Crippen molar-refractivity contribution >= 4 is 29.0 Å². The summed E-state index contributed by atoms with van der Waals surface area (Å²) in [6.07, 6.45) is 2.01. The fourth-order valence-electron chi connectivity index (χ4n) is 2.01. The minimum absolute atomic E-state index is 0.0433.